The van der Waals surface area contributed by atoms with E-state index in [9.17, 15) is 4.39 Å². The van der Waals surface area contributed by atoms with Gasteiger partial charge < -0.3 is 5.73 Å². The molecule has 0 radical (unpaired) electrons. The van der Waals surface area contributed by atoms with Gasteiger partial charge in [0.05, 0.1) is 11.7 Å². The number of rotatable bonds is 3. The van der Waals surface area contributed by atoms with Crippen molar-refractivity contribution in [1.82, 2.24) is 20.2 Å². The predicted octanol–water partition coefficient (Wildman–Crippen LogP) is 3.20. The van der Waals surface area contributed by atoms with E-state index in [1.807, 2.05) is 4.68 Å². The van der Waals surface area contributed by atoms with Gasteiger partial charge in [-0.15, -0.1) is 5.10 Å². The zero-order valence-corrected chi connectivity index (χ0v) is 12.2. The van der Waals surface area contributed by atoms with Gasteiger partial charge in [0.15, 0.2) is 5.82 Å². The third kappa shape index (κ3) is 2.62. The van der Waals surface area contributed by atoms with Crippen molar-refractivity contribution in [3.05, 3.63) is 24.0 Å². The molecular formula is C15H20FN5. The average molecular weight is 289 g/mol. The van der Waals surface area contributed by atoms with E-state index in [1.54, 1.807) is 12.1 Å². The number of halogens is 1. The summed E-state index contributed by atoms with van der Waals surface area (Å²) in [4.78, 5) is 0. The number of hydrogen-bond acceptors (Lipinski definition) is 4. The monoisotopic (exact) mass is 289 g/mol. The molecule has 2 aromatic rings. The van der Waals surface area contributed by atoms with Crippen molar-refractivity contribution >= 4 is 5.69 Å². The minimum absolute atomic E-state index is 0.141. The molecule has 1 heterocycles. The fourth-order valence-corrected chi connectivity index (χ4v) is 3.26. The van der Waals surface area contributed by atoms with Crippen LogP contribution in [0.1, 0.15) is 45.1 Å². The van der Waals surface area contributed by atoms with E-state index in [0.29, 0.717) is 23.3 Å². The molecule has 3 rings (SSSR count). The lowest BCUT2D eigenvalue weighted by molar-refractivity contribution is 0.216. The van der Waals surface area contributed by atoms with E-state index in [2.05, 4.69) is 22.4 Å². The molecule has 0 amide bonds. The van der Waals surface area contributed by atoms with Crippen molar-refractivity contribution in [2.45, 2.75) is 45.1 Å². The van der Waals surface area contributed by atoms with Crippen LogP contribution in [0.4, 0.5) is 10.1 Å². The average Bonchev–Trinajstić information content (AvgIpc) is 2.99. The third-order valence-electron chi connectivity index (χ3n) is 4.46. The van der Waals surface area contributed by atoms with Crippen LogP contribution in [-0.4, -0.2) is 20.2 Å². The molecule has 1 aliphatic carbocycles. The Hall–Kier alpha value is -1.98. The number of nitrogen functional groups attached to an aromatic ring is 1. The molecule has 1 fully saturated rings. The Morgan fingerprint density at radius 3 is 2.90 bits per heavy atom. The van der Waals surface area contributed by atoms with Gasteiger partial charge in [0, 0.05) is 5.56 Å². The molecule has 2 N–H and O–H groups in total. The maximum Gasteiger partial charge on any atom is 0.182 e. The van der Waals surface area contributed by atoms with E-state index in [4.69, 9.17) is 5.73 Å². The van der Waals surface area contributed by atoms with Gasteiger partial charge in [-0.25, -0.2) is 9.07 Å². The second kappa shape index (κ2) is 5.79. The standard InChI is InChI=1S/C15H20FN5/c1-2-10-5-3-4-6-14(10)21-15(18-19-20-21)11-7-8-13(17)12(16)9-11/h7-10,14H,2-6,17H2,1H3. The topological polar surface area (TPSA) is 69.6 Å². The fourth-order valence-electron chi connectivity index (χ4n) is 3.26. The first-order chi connectivity index (χ1) is 10.2. The van der Waals surface area contributed by atoms with Crippen LogP contribution in [0.3, 0.4) is 0 Å². The highest BCUT2D eigenvalue weighted by molar-refractivity contribution is 5.59. The van der Waals surface area contributed by atoms with E-state index >= 15 is 0 Å². The van der Waals surface area contributed by atoms with Crippen molar-refractivity contribution in [3.63, 3.8) is 0 Å². The first kappa shape index (κ1) is 14.0. The zero-order chi connectivity index (χ0) is 14.8. The summed E-state index contributed by atoms with van der Waals surface area (Å²) in [6.45, 7) is 2.20. The van der Waals surface area contributed by atoms with Crippen molar-refractivity contribution in [3.8, 4) is 11.4 Å². The Kier molecular flexibility index (Phi) is 3.86. The van der Waals surface area contributed by atoms with Crippen molar-refractivity contribution in [2.24, 2.45) is 5.92 Å². The van der Waals surface area contributed by atoms with Gasteiger partial charge in [0.2, 0.25) is 0 Å². The number of tetrazole rings is 1. The number of benzene rings is 1. The number of nitrogens with zero attached hydrogens (tertiary/aromatic N) is 4. The minimum atomic E-state index is -0.433. The smallest absolute Gasteiger partial charge is 0.182 e. The molecule has 1 saturated carbocycles. The second-order valence-corrected chi connectivity index (χ2v) is 5.70. The molecular weight excluding hydrogens is 269 g/mol. The Morgan fingerprint density at radius 1 is 1.33 bits per heavy atom. The molecule has 2 atom stereocenters. The Balaban J connectivity index is 1.98. The van der Waals surface area contributed by atoms with Crippen molar-refractivity contribution in [2.75, 3.05) is 5.73 Å². The number of nitrogens with two attached hydrogens (primary N) is 1. The molecule has 2 unspecified atom stereocenters. The molecule has 6 heteroatoms. The largest absolute Gasteiger partial charge is 0.396 e. The number of hydrogen-bond donors (Lipinski definition) is 1. The van der Waals surface area contributed by atoms with Crippen LogP contribution in [0.2, 0.25) is 0 Å². The molecule has 112 valence electrons. The van der Waals surface area contributed by atoms with Crippen LogP contribution in [0, 0.1) is 11.7 Å². The normalized spacial score (nSPS) is 22.4. The van der Waals surface area contributed by atoms with Gasteiger partial charge in [-0.3, -0.25) is 0 Å². The van der Waals surface area contributed by atoms with E-state index in [1.165, 1.54) is 25.3 Å². The van der Waals surface area contributed by atoms with Crippen molar-refractivity contribution in [1.29, 1.82) is 0 Å². The summed E-state index contributed by atoms with van der Waals surface area (Å²) in [6.07, 6.45) is 5.85. The first-order valence-corrected chi connectivity index (χ1v) is 7.54. The van der Waals surface area contributed by atoms with Gasteiger partial charge >= 0.3 is 0 Å². The summed E-state index contributed by atoms with van der Waals surface area (Å²) < 4.78 is 15.6. The molecule has 1 aromatic heterocycles. The first-order valence-electron chi connectivity index (χ1n) is 7.54. The predicted molar refractivity (Wildman–Crippen MR) is 78.9 cm³/mol. The summed E-state index contributed by atoms with van der Waals surface area (Å²) in [5.41, 5.74) is 6.35. The quantitative estimate of drug-likeness (QED) is 0.881. The lowest BCUT2D eigenvalue weighted by Crippen LogP contribution is -2.24. The highest BCUT2D eigenvalue weighted by Gasteiger charge is 2.28. The van der Waals surface area contributed by atoms with E-state index in [0.717, 1.165) is 12.8 Å². The fraction of sp³-hybridized carbons (Fsp3) is 0.533. The van der Waals surface area contributed by atoms with Gasteiger partial charge in [-0.2, -0.15) is 0 Å². The van der Waals surface area contributed by atoms with E-state index in [-0.39, 0.29) is 5.69 Å². The zero-order valence-electron chi connectivity index (χ0n) is 12.2. The molecule has 0 bridgehead atoms. The Bertz CT molecular complexity index is 624. The lowest BCUT2D eigenvalue weighted by Gasteiger charge is -2.31. The van der Waals surface area contributed by atoms with E-state index < -0.39 is 5.82 Å². The number of anilines is 1. The summed E-state index contributed by atoms with van der Waals surface area (Å²) >= 11 is 0. The molecule has 1 aliphatic rings. The molecule has 1 aromatic carbocycles. The van der Waals surface area contributed by atoms with Gasteiger partial charge in [0.1, 0.15) is 5.82 Å². The summed E-state index contributed by atoms with van der Waals surface area (Å²) in [6, 6.07) is 5.03. The van der Waals surface area contributed by atoms with Crippen LogP contribution < -0.4 is 5.73 Å². The summed E-state index contributed by atoms with van der Waals surface area (Å²) in [5.74, 6) is 0.775. The Labute approximate surface area is 123 Å². The molecule has 5 nitrogen and oxygen atoms in total. The maximum atomic E-state index is 13.7. The van der Waals surface area contributed by atoms with Crippen LogP contribution >= 0.6 is 0 Å². The summed E-state index contributed by atoms with van der Waals surface area (Å²) in [5, 5.41) is 12.1. The van der Waals surface area contributed by atoms with Crippen molar-refractivity contribution < 1.29 is 4.39 Å². The minimum Gasteiger partial charge on any atom is -0.396 e. The molecule has 0 saturated heterocycles. The van der Waals surface area contributed by atoms with Crippen LogP contribution in [0.15, 0.2) is 18.2 Å². The molecule has 0 spiro atoms. The number of aromatic nitrogens is 4. The van der Waals surface area contributed by atoms with Crippen LogP contribution in [0.5, 0.6) is 0 Å². The molecule has 0 aliphatic heterocycles. The highest BCUT2D eigenvalue weighted by Crippen LogP contribution is 2.37. The third-order valence-corrected chi connectivity index (χ3v) is 4.46. The van der Waals surface area contributed by atoms with Crippen LogP contribution in [-0.2, 0) is 0 Å². The Morgan fingerprint density at radius 2 is 2.14 bits per heavy atom. The molecule has 21 heavy (non-hydrogen) atoms. The van der Waals surface area contributed by atoms with Gasteiger partial charge in [0.25, 0.3) is 0 Å². The summed E-state index contributed by atoms with van der Waals surface area (Å²) in [7, 11) is 0. The SMILES string of the molecule is CCC1CCCCC1n1nnnc1-c1ccc(N)c(F)c1. The maximum absolute atomic E-state index is 13.7. The highest BCUT2D eigenvalue weighted by atomic mass is 19.1. The van der Waals surface area contributed by atoms with Crippen LogP contribution in [0.25, 0.3) is 11.4 Å². The van der Waals surface area contributed by atoms with Gasteiger partial charge in [-0.05, 0) is 47.4 Å². The van der Waals surface area contributed by atoms with Gasteiger partial charge in [-0.1, -0.05) is 26.2 Å². The second-order valence-electron chi connectivity index (χ2n) is 5.70. The lowest BCUT2D eigenvalue weighted by atomic mass is 9.83.